The fourth-order valence-corrected chi connectivity index (χ4v) is 4.48. The Morgan fingerprint density at radius 2 is 1.78 bits per heavy atom. The molecule has 0 radical (unpaired) electrons. The van der Waals surface area contributed by atoms with Crippen LogP contribution in [0.3, 0.4) is 0 Å². The monoisotopic (exact) mass is 429 g/mol. The quantitative estimate of drug-likeness (QED) is 0.506. The summed E-state index contributed by atoms with van der Waals surface area (Å²) in [4.78, 5) is 2.65. The van der Waals surface area contributed by atoms with Gasteiger partial charge in [-0.25, -0.2) is 0 Å². The fourth-order valence-electron chi connectivity index (χ4n) is 4.22. The first-order valence-corrected chi connectivity index (χ1v) is 10.9. The molecule has 146 valence electrons. The number of nitrogens with zero attached hydrogens (tertiary/aromatic N) is 1. The van der Waals surface area contributed by atoms with Gasteiger partial charge < -0.3 is 4.74 Å². The second-order valence-corrected chi connectivity index (χ2v) is 9.28. The van der Waals surface area contributed by atoms with Crippen LogP contribution in [-0.4, -0.2) is 31.2 Å². The Hall–Kier alpha value is -1.16. The number of ether oxygens (including phenoxy) is 1. The molecular weight excluding hydrogens is 398 g/mol. The Balaban J connectivity index is 1.73. The number of hydrogen-bond acceptors (Lipinski definition) is 2. The first-order valence-electron chi connectivity index (χ1n) is 10.1. The maximum absolute atomic E-state index is 5.96. The predicted molar refractivity (Wildman–Crippen MR) is 117 cm³/mol. The molecule has 3 rings (SSSR count). The van der Waals surface area contributed by atoms with Crippen molar-refractivity contribution in [3.05, 3.63) is 70.2 Å². The van der Waals surface area contributed by atoms with Gasteiger partial charge in [-0.05, 0) is 69.8 Å². The van der Waals surface area contributed by atoms with Crippen molar-refractivity contribution < 1.29 is 4.74 Å². The summed E-state index contributed by atoms with van der Waals surface area (Å²) >= 11 is 3.55. The molecule has 0 amide bonds. The highest BCUT2D eigenvalue weighted by atomic mass is 79.9. The molecule has 2 aromatic carbocycles. The summed E-state index contributed by atoms with van der Waals surface area (Å²) in [6.07, 6.45) is 3.52. The first-order chi connectivity index (χ1) is 13.0. The van der Waals surface area contributed by atoms with Crippen molar-refractivity contribution in [2.24, 2.45) is 5.41 Å². The summed E-state index contributed by atoms with van der Waals surface area (Å²) < 4.78 is 7.09. The van der Waals surface area contributed by atoms with Crippen molar-refractivity contribution in [3.63, 3.8) is 0 Å². The van der Waals surface area contributed by atoms with Gasteiger partial charge in [-0.1, -0.05) is 58.4 Å². The molecule has 0 unspecified atom stereocenters. The molecule has 0 aliphatic carbocycles. The third-order valence-corrected chi connectivity index (χ3v) is 6.71. The topological polar surface area (TPSA) is 12.5 Å². The minimum atomic E-state index is 0.0292. The Kier molecular flexibility index (Phi) is 6.78. The lowest BCUT2D eigenvalue weighted by Gasteiger charge is -2.38. The van der Waals surface area contributed by atoms with E-state index in [0.717, 1.165) is 37.2 Å². The van der Waals surface area contributed by atoms with E-state index in [1.165, 1.54) is 24.0 Å². The molecule has 0 bridgehead atoms. The third-order valence-electron chi connectivity index (χ3n) is 6.18. The van der Waals surface area contributed by atoms with E-state index in [9.17, 15) is 0 Å². The third kappa shape index (κ3) is 5.01. The molecule has 2 aromatic rings. The van der Waals surface area contributed by atoms with Crippen LogP contribution in [0.2, 0.25) is 0 Å². The number of aryl methyl sites for hydroxylation is 1. The van der Waals surface area contributed by atoms with Gasteiger partial charge in [0, 0.05) is 28.6 Å². The van der Waals surface area contributed by atoms with Crippen LogP contribution < -0.4 is 0 Å². The van der Waals surface area contributed by atoms with Crippen molar-refractivity contribution >= 4 is 15.9 Å². The van der Waals surface area contributed by atoms with Gasteiger partial charge in [0.2, 0.25) is 0 Å². The highest BCUT2D eigenvalue weighted by Gasteiger charge is 2.43. The van der Waals surface area contributed by atoms with Gasteiger partial charge in [-0.2, -0.15) is 0 Å². The zero-order valence-corrected chi connectivity index (χ0v) is 18.5. The Labute approximate surface area is 173 Å². The highest BCUT2D eigenvalue weighted by molar-refractivity contribution is 9.10. The fraction of sp³-hybridized carbons (Fsp3) is 0.500. The molecule has 1 aliphatic heterocycles. The molecule has 0 saturated carbocycles. The average Bonchev–Trinajstić information content (AvgIpc) is 3.12. The summed E-state index contributed by atoms with van der Waals surface area (Å²) in [5.74, 6) is 0. The van der Waals surface area contributed by atoms with Crippen molar-refractivity contribution in [1.82, 2.24) is 4.90 Å². The molecule has 2 nitrogen and oxygen atoms in total. The van der Waals surface area contributed by atoms with E-state index in [-0.39, 0.29) is 11.0 Å². The van der Waals surface area contributed by atoms with Crippen LogP contribution in [0.1, 0.15) is 44.7 Å². The van der Waals surface area contributed by atoms with E-state index in [1.54, 1.807) is 0 Å². The SMILES string of the molecule is CCOC[C@]1(CCc2ccccc2)CCN(C(C)(C)c2ccc(Br)cc2)C1. The summed E-state index contributed by atoms with van der Waals surface area (Å²) in [6, 6.07) is 19.7. The number of benzene rings is 2. The summed E-state index contributed by atoms with van der Waals surface area (Å²) in [6.45, 7) is 10.7. The van der Waals surface area contributed by atoms with Gasteiger partial charge in [0.05, 0.1) is 6.61 Å². The summed E-state index contributed by atoms with van der Waals surface area (Å²) in [7, 11) is 0. The number of rotatable bonds is 8. The molecule has 0 aromatic heterocycles. The summed E-state index contributed by atoms with van der Waals surface area (Å²) in [5, 5.41) is 0. The minimum absolute atomic E-state index is 0.0292. The zero-order valence-electron chi connectivity index (χ0n) is 16.9. The van der Waals surface area contributed by atoms with E-state index < -0.39 is 0 Å². The molecule has 3 heteroatoms. The molecule has 0 N–H and O–H groups in total. The van der Waals surface area contributed by atoms with Gasteiger partial charge in [0.15, 0.2) is 0 Å². The van der Waals surface area contributed by atoms with Gasteiger partial charge in [-0.15, -0.1) is 0 Å². The minimum Gasteiger partial charge on any atom is -0.381 e. The van der Waals surface area contributed by atoms with Crippen LogP contribution in [0.25, 0.3) is 0 Å². The predicted octanol–water partition coefficient (Wildman–Crippen LogP) is 6.05. The Bertz CT molecular complexity index is 713. The van der Waals surface area contributed by atoms with Gasteiger partial charge in [-0.3, -0.25) is 4.90 Å². The molecule has 1 heterocycles. The van der Waals surface area contributed by atoms with Crippen LogP contribution >= 0.6 is 15.9 Å². The van der Waals surface area contributed by atoms with E-state index in [2.05, 4.69) is 96.2 Å². The second kappa shape index (κ2) is 8.89. The van der Waals surface area contributed by atoms with Gasteiger partial charge in [0.25, 0.3) is 0 Å². The number of halogens is 1. The molecule has 27 heavy (non-hydrogen) atoms. The smallest absolute Gasteiger partial charge is 0.0535 e. The largest absolute Gasteiger partial charge is 0.381 e. The molecular formula is C24H32BrNO. The molecule has 1 fully saturated rings. The maximum Gasteiger partial charge on any atom is 0.0535 e. The average molecular weight is 430 g/mol. The van der Waals surface area contributed by atoms with Crippen molar-refractivity contribution in [3.8, 4) is 0 Å². The highest BCUT2D eigenvalue weighted by Crippen LogP contribution is 2.41. The molecule has 1 aliphatic rings. The van der Waals surface area contributed by atoms with E-state index >= 15 is 0 Å². The first kappa shape index (κ1) is 20.6. The lowest BCUT2D eigenvalue weighted by molar-refractivity contribution is 0.0385. The summed E-state index contributed by atoms with van der Waals surface area (Å²) in [5.41, 5.74) is 3.08. The van der Waals surface area contributed by atoms with Crippen LogP contribution in [0.5, 0.6) is 0 Å². The Morgan fingerprint density at radius 3 is 2.44 bits per heavy atom. The van der Waals surface area contributed by atoms with Crippen molar-refractivity contribution in [2.75, 3.05) is 26.3 Å². The van der Waals surface area contributed by atoms with Gasteiger partial charge >= 0.3 is 0 Å². The van der Waals surface area contributed by atoms with E-state index in [0.29, 0.717) is 0 Å². The van der Waals surface area contributed by atoms with Crippen LogP contribution in [0.4, 0.5) is 0 Å². The number of likely N-dealkylation sites (tertiary alicyclic amines) is 1. The van der Waals surface area contributed by atoms with E-state index in [4.69, 9.17) is 4.74 Å². The number of hydrogen-bond donors (Lipinski definition) is 0. The Morgan fingerprint density at radius 1 is 1.07 bits per heavy atom. The zero-order chi connectivity index (χ0) is 19.3. The van der Waals surface area contributed by atoms with Crippen molar-refractivity contribution in [1.29, 1.82) is 0 Å². The lowest BCUT2D eigenvalue weighted by Crippen LogP contribution is -2.42. The van der Waals surface area contributed by atoms with Crippen LogP contribution in [0, 0.1) is 5.41 Å². The molecule has 0 spiro atoms. The van der Waals surface area contributed by atoms with Crippen LogP contribution in [0.15, 0.2) is 59.1 Å². The molecule has 1 saturated heterocycles. The normalized spacial score (nSPS) is 20.9. The van der Waals surface area contributed by atoms with Gasteiger partial charge in [0.1, 0.15) is 0 Å². The van der Waals surface area contributed by atoms with E-state index in [1.807, 2.05) is 0 Å². The maximum atomic E-state index is 5.96. The van der Waals surface area contributed by atoms with Crippen LogP contribution in [-0.2, 0) is 16.7 Å². The molecule has 1 atom stereocenters. The lowest BCUT2D eigenvalue weighted by atomic mass is 9.81. The van der Waals surface area contributed by atoms with Crippen molar-refractivity contribution in [2.45, 2.75) is 45.6 Å². The second-order valence-electron chi connectivity index (χ2n) is 8.36. The standard InChI is InChI=1S/C24H32BrNO/c1-4-27-19-24(15-14-20-8-6-5-7-9-20)16-17-26(18-24)23(2,3)21-10-12-22(25)13-11-21/h5-13H,4,14-19H2,1-3H3/t24-/m1/s1.